The summed E-state index contributed by atoms with van der Waals surface area (Å²) in [6, 6.07) is 13.3. The number of benzene rings is 2. The average molecular weight is 631 g/mol. The van der Waals surface area contributed by atoms with Crippen molar-refractivity contribution in [3.05, 3.63) is 80.9 Å². The number of carbonyl (C=O) groups excluding carboxylic acids is 2. The van der Waals surface area contributed by atoms with Gasteiger partial charge in [-0.15, -0.1) is 0 Å². The quantitative estimate of drug-likeness (QED) is 0.294. The molecule has 0 aliphatic heterocycles. The second kappa shape index (κ2) is 13.7. The van der Waals surface area contributed by atoms with Crippen molar-refractivity contribution in [3.63, 3.8) is 0 Å². The van der Waals surface area contributed by atoms with Gasteiger partial charge in [0.15, 0.2) is 11.8 Å². The molecular weight excluding hydrogens is 609 g/mol. The summed E-state index contributed by atoms with van der Waals surface area (Å²) >= 11 is 16.8. The van der Waals surface area contributed by atoms with Crippen molar-refractivity contribution in [1.29, 1.82) is 0 Å². The number of aliphatic carboxylic acids is 1. The van der Waals surface area contributed by atoms with Gasteiger partial charge in [0.1, 0.15) is 10.8 Å². The second-order valence-electron chi connectivity index (χ2n) is 8.14. The number of rotatable bonds is 9. The molecule has 1 saturated carbocycles. The lowest BCUT2D eigenvalue weighted by Crippen LogP contribution is -2.31. The predicted octanol–water partition coefficient (Wildman–Crippen LogP) is 4.21. The Bertz CT molecular complexity index is 1510. The summed E-state index contributed by atoms with van der Waals surface area (Å²) in [6.45, 7) is -0.537. The molecule has 0 spiro atoms. The largest absolute Gasteiger partial charge is 0.496 e. The third kappa shape index (κ3) is 8.71. The number of carboxylic acids is 1. The number of ether oxygens (including phenoxy) is 2. The summed E-state index contributed by atoms with van der Waals surface area (Å²) in [6.07, 6.45) is 1.93. The first-order valence-electron chi connectivity index (χ1n) is 11.4. The SMILES string of the molecule is COc1ccccc1C(=O)NS(=O)(=O)c1ccc(C(=O)NC2CC2)cc1.O=C(O)COc1nc(Cl)c(Cl)cc1Cl. The number of methoxy groups -OCH3 is 1. The zero-order valence-corrected chi connectivity index (χ0v) is 23.8. The van der Waals surface area contributed by atoms with E-state index in [2.05, 4.69) is 10.3 Å². The van der Waals surface area contributed by atoms with E-state index >= 15 is 0 Å². The van der Waals surface area contributed by atoms with E-state index in [1.165, 1.54) is 43.5 Å². The molecule has 40 heavy (non-hydrogen) atoms. The Hall–Kier alpha value is -3.58. The number of hydrogen-bond acceptors (Lipinski definition) is 8. The van der Waals surface area contributed by atoms with Crippen molar-refractivity contribution in [2.24, 2.45) is 0 Å². The number of carbonyl (C=O) groups is 3. The van der Waals surface area contributed by atoms with Crippen LogP contribution in [0, 0.1) is 0 Å². The molecule has 0 unspecified atom stereocenters. The number of hydrogen-bond donors (Lipinski definition) is 3. The monoisotopic (exact) mass is 629 g/mol. The molecule has 0 radical (unpaired) electrons. The highest BCUT2D eigenvalue weighted by atomic mass is 35.5. The zero-order chi connectivity index (χ0) is 29.4. The van der Waals surface area contributed by atoms with Crippen LogP contribution in [0.3, 0.4) is 0 Å². The number of aromatic nitrogens is 1. The Morgan fingerprint density at radius 1 is 1.00 bits per heavy atom. The molecule has 1 aromatic heterocycles. The van der Waals surface area contributed by atoms with Crippen LogP contribution in [0.15, 0.2) is 59.5 Å². The lowest BCUT2D eigenvalue weighted by Gasteiger charge is -2.10. The van der Waals surface area contributed by atoms with Crippen LogP contribution < -0.4 is 19.5 Å². The van der Waals surface area contributed by atoms with Gasteiger partial charge in [-0.2, -0.15) is 4.98 Å². The molecular formula is C25H22Cl3N3O8S. The topological polar surface area (TPSA) is 161 Å². The maximum absolute atomic E-state index is 12.4. The summed E-state index contributed by atoms with van der Waals surface area (Å²) in [7, 11) is -2.68. The average Bonchev–Trinajstić information content (AvgIpc) is 3.74. The normalized spacial score (nSPS) is 12.4. The molecule has 3 aromatic rings. The maximum Gasteiger partial charge on any atom is 0.341 e. The molecule has 0 bridgehead atoms. The van der Waals surface area contributed by atoms with E-state index in [1.54, 1.807) is 18.2 Å². The van der Waals surface area contributed by atoms with Crippen LogP contribution in [0.2, 0.25) is 15.2 Å². The van der Waals surface area contributed by atoms with Crippen LogP contribution in [-0.2, 0) is 14.8 Å². The molecule has 3 N–H and O–H groups in total. The molecule has 1 fully saturated rings. The Kier molecular flexibility index (Phi) is 10.6. The minimum atomic E-state index is -4.07. The summed E-state index contributed by atoms with van der Waals surface area (Å²) in [5.74, 6) is -1.95. The molecule has 0 saturated heterocycles. The Labute approximate surface area is 244 Å². The molecule has 212 valence electrons. The van der Waals surface area contributed by atoms with Gasteiger partial charge in [0, 0.05) is 11.6 Å². The fourth-order valence-electron chi connectivity index (χ4n) is 3.01. The van der Waals surface area contributed by atoms with Gasteiger partial charge >= 0.3 is 5.97 Å². The Balaban J connectivity index is 0.000000267. The van der Waals surface area contributed by atoms with Crippen LogP contribution in [0.1, 0.15) is 33.6 Å². The van der Waals surface area contributed by atoms with Crippen molar-refractivity contribution < 1.29 is 37.4 Å². The van der Waals surface area contributed by atoms with Crippen molar-refractivity contribution in [2.45, 2.75) is 23.8 Å². The number of nitrogens with one attached hydrogen (secondary N) is 2. The number of nitrogens with zero attached hydrogens (tertiary/aromatic N) is 1. The van der Waals surface area contributed by atoms with Gasteiger partial charge in [0.25, 0.3) is 21.8 Å². The molecule has 1 heterocycles. The molecule has 2 aromatic carbocycles. The second-order valence-corrected chi connectivity index (χ2v) is 11.0. The summed E-state index contributed by atoms with van der Waals surface area (Å²) in [4.78, 5) is 38.0. The van der Waals surface area contributed by atoms with E-state index in [0.29, 0.717) is 5.56 Å². The highest BCUT2D eigenvalue weighted by Crippen LogP contribution is 2.30. The van der Waals surface area contributed by atoms with Crippen LogP contribution in [-0.4, -0.2) is 56.1 Å². The smallest absolute Gasteiger partial charge is 0.341 e. The number of amides is 2. The van der Waals surface area contributed by atoms with Crippen molar-refractivity contribution >= 4 is 62.6 Å². The molecule has 1 aliphatic rings. The van der Waals surface area contributed by atoms with Gasteiger partial charge in [-0.3, -0.25) is 9.59 Å². The van der Waals surface area contributed by atoms with Crippen molar-refractivity contribution in [1.82, 2.24) is 15.0 Å². The number of halogens is 3. The lowest BCUT2D eigenvalue weighted by molar-refractivity contribution is -0.139. The zero-order valence-electron chi connectivity index (χ0n) is 20.7. The van der Waals surface area contributed by atoms with Crippen molar-refractivity contribution in [2.75, 3.05) is 13.7 Å². The fraction of sp³-hybridized carbons (Fsp3) is 0.200. The van der Waals surface area contributed by atoms with E-state index < -0.39 is 28.5 Å². The standard InChI is InChI=1S/C18H18N2O5S.C7H4Cl3NO3/c1-25-16-5-3-2-4-15(16)18(22)20-26(23,24)14-10-6-12(7-11-14)17(21)19-13-8-9-13;8-3-1-4(9)7(11-6(3)10)14-2-5(12)13/h2-7,10-11,13H,8-9H2,1H3,(H,19,21)(H,20,22);1H,2H2,(H,12,13). The molecule has 0 atom stereocenters. The van der Waals surface area contributed by atoms with Gasteiger partial charge in [-0.05, 0) is 55.3 Å². The first-order valence-corrected chi connectivity index (χ1v) is 14.0. The predicted molar refractivity (Wildman–Crippen MR) is 147 cm³/mol. The number of para-hydroxylation sites is 1. The van der Waals surface area contributed by atoms with Crippen LogP contribution in [0.5, 0.6) is 11.6 Å². The molecule has 11 nitrogen and oxygen atoms in total. The maximum atomic E-state index is 12.4. The summed E-state index contributed by atoms with van der Waals surface area (Å²) in [5.41, 5.74) is 0.478. The van der Waals surface area contributed by atoms with E-state index in [1.807, 2.05) is 4.72 Å². The fourth-order valence-corrected chi connectivity index (χ4v) is 4.52. The van der Waals surface area contributed by atoms with Gasteiger partial charge in [0.05, 0.1) is 22.6 Å². The van der Waals surface area contributed by atoms with E-state index in [0.717, 1.165) is 12.8 Å². The summed E-state index contributed by atoms with van der Waals surface area (Å²) < 4.78 is 36.6. The van der Waals surface area contributed by atoms with Gasteiger partial charge in [0.2, 0.25) is 5.88 Å². The number of carboxylic acid groups (broad SMARTS) is 1. The van der Waals surface area contributed by atoms with Crippen molar-refractivity contribution in [3.8, 4) is 11.6 Å². The van der Waals surface area contributed by atoms with E-state index in [9.17, 15) is 22.8 Å². The highest BCUT2D eigenvalue weighted by molar-refractivity contribution is 7.90. The number of pyridine rings is 1. The number of sulfonamides is 1. The van der Waals surface area contributed by atoms with Crippen LogP contribution in [0.25, 0.3) is 0 Å². The van der Waals surface area contributed by atoms with E-state index in [4.69, 9.17) is 49.4 Å². The van der Waals surface area contributed by atoms with E-state index in [-0.39, 0.29) is 49.2 Å². The lowest BCUT2D eigenvalue weighted by atomic mass is 10.2. The third-order valence-electron chi connectivity index (χ3n) is 5.10. The van der Waals surface area contributed by atoms with Crippen LogP contribution >= 0.6 is 34.8 Å². The molecule has 1 aliphatic carbocycles. The Morgan fingerprint density at radius 2 is 1.65 bits per heavy atom. The first kappa shape index (κ1) is 31.0. The van der Waals surface area contributed by atoms with Gasteiger partial charge < -0.3 is 19.9 Å². The third-order valence-corrected chi connectivity index (χ3v) is 7.40. The molecule has 4 rings (SSSR count). The van der Waals surface area contributed by atoms with Gasteiger partial charge in [-0.1, -0.05) is 46.9 Å². The minimum Gasteiger partial charge on any atom is -0.496 e. The first-order chi connectivity index (χ1) is 18.9. The summed E-state index contributed by atoms with van der Waals surface area (Å²) in [5, 5.41) is 11.5. The minimum absolute atomic E-state index is 0.0106. The highest BCUT2D eigenvalue weighted by Gasteiger charge is 2.25. The van der Waals surface area contributed by atoms with Crippen LogP contribution in [0.4, 0.5) is 0 Å². The molecule has 15 heteroatoms. The Morgan fingerprint density at radius 3 is 2.25 bits per heavy atom. The van der Waals surface area contributed by atoms with Gasteiger partial charge in [-0.25, -0.2) is 17.9 Å². The molecule has 2 amide bonds.